The highest BCUT2D eigenvalue weighted by atomic mass is 35.5. The number of carbonyl (C=O) groups is 2. The van der Waals surface area contributed by atoms with E-state index in [9.17, 15) is 9.59 Å². The number of hydrogen-bond donors (Lipinski definition) is 0. The molecule has 0 heterocycles. The van der Waals surface area contributed by atoms with Crippen molar-refractivity contribution in [1.82, 2.24) is 0 Å². The number of ether oxygens (including phenoxy) is 2. The maximum atomic E-state index is 11.8. The van der Waals surface area contributed by atoms with Gasteiger partial charge in [-0.15, -0.1) is 0 Å². The summed E-state index contributed by atoms with van der Waals surface area (Å²) in [7, 11) is 0. The van der Waals surface area contributed by atoms with E-state index < -0.39 is 17.4 Å². The van der Waals surface area contributed by atoms with E-state index in [1.807, 2.05) is 13.8 Å². The monoisotopic (exact) mass is 500 g/mol. The number of hydrogen-bond acceptors (Lipinski definition) is 4. The van der Waals surface area contributed by atoms with E-state index in [0.717, 1.165) is 0 Å². The number of carbonyl (C=O) groups excluding carboxylic acids is 2. The van der Waals surface area contributed by atoms with Crippen molar-refractivity contribution < 1.29 is 19.1 Å². The molecule has 0 aromatic heterocycles. The molecule has 0 saturated carbocycles. The van der Waals surface area contributed by atoms with Gasteiger partial charge >= 0.3 is 11.9 Å². The number of rotatable bonds is 6. The zero-order valence-electron chi connectivity index (χ0n) is 17.4. The number of benzene rings is 2. The van der Waals surface area contributed by atoms with Crippen LogP contribution in [-0.2, 0) is 15.0 Å². The summed E-state index contributed by atoms with van der Waals surface area (Å²) in [5.74, 6) is -0.821. The molecule has 0 aliphatic carbocycles. The zero-order chi connectivity index (χ0) is 23.7. The van der Waals surface area contributed by atoms with Crippen LogP contribution in [0.15, 0.2) is 48.6 Å². The summed E-state index contributed by atoms with van der Waals surface area (Å²) in [4.78, 5) is 23.6. The summed E-state index contributed by atoms with van der Waals surface area (Å²) in [6.45, 7) is 13.8. The van der Waals surface area contributed by atoms with Crippen molar-refractivity contribution in [3.63, 3.8) is 0 Å². The molecule has 0 fully saturated rings. The minimum Gasteiger partial charge on any atom is -0.423 e. The topological polar surface area (TPSA) is 52.6 Å². The first-order chi connectivity index (χ1) is 14.2. The van der Waals surface area contributed by atoms with E-state index in [1.165, 1.54) is 38.1 Å². The summed E-state index contributed by atoms with van der Waals surface area (Å²) in [5.41, 5.74) is 0.684. The highest BCUT2D eigenvalue weighted by Crippen LogP contribution is 2.47. The predicted molar refractivity (Wildman–Crippen MR) is 126 cm³/mol. The highest BCUT2D eigenvalue weighted by Gasteiger charge is 2.33. The van der Waals surface area contributed by atoms with Gasteiger partial charge in [0.2, 0.25) is 0 Å². The molecule has 164 valence electrons. The third-order valence-electron chi connectivity index (χ3n) is 4.40. The van der Waals surface area contributed by atoms with Crippen LogP contribution in [0.2, 0.25) is 20.1 Å². The van der Waals surface area contributed by atoms with E-state index in [1.54, 1.807) is 0 Å². The van der Waals surface area contributed by atoms with Gasteiger partial charge in [-0.2, -0.15) is 0 Å². The van der Waals surface area contributed by atoms with Gasteiger partial charge < -0.3 is 9.47 Å². The van der Waals surface area contributed by atoms with Crippen LogP contribution in [0.1, 0.15) is 38.8 Å². The molecule has 0 aliphatic rings. The van der Waals surface area contributed by atoms with Crippen LogP contribution in [0.5, 0.6) is 11.5 Å². The van der Waals surface area contributed by atoms with E-state index in [-0.39, 0.29) is 42.7 Å². The molecule has 0 atom stereocenters. The van der Waals surface area contributed by atoms with Crippen LogP contribution < -0.4 is 9.47 Å². The Morgan fingerprint density at radius 1 is 0.710 bits per heavy atom. The third kappa shape index (κ3) is 5.64. The van der Waals surface area contributed by atoms with Gasteiger partial charge in [-0.3, -0.25) is 0 Å². The Balaban J connectivity index is 2.52. The Labute approximate surface area is 201 Å². The first kappa shape index (κ1) is 25.3. The number of esters is 2. The van der Waals surface area contributed by atoms with Crippen molar-refractivity contribution in [2.24, 2.45) is 0 Å². The fraction of sp³-hybridized carbons (Fsp3) is 0.217. The van der Waals surface area contributed by atoms with Crippen LogP contribution >= 0.6 is 46.4 Å². The van der Waals surface area contributed by atoms with Crippen LogP contribution in [-0.4, -0.2) is 11.9 Å². The average molecular weight is 502 g/mol. The highest BCUT2D eigenvalue weighted by molar-refractivity contribution is 6.38. The summed E-state index contributed by atoms with van der Waals surface area (Å²) in [6, 6.07) is 5.93. The smallest absolute Gasteiger partial charge is 0.338 e. The van der Waals surface area contributed by atoms with Gasteiger partial charge in [0.1, 0.15) is 11.5 Å². The maximum absolute atomic E-state index is 11.8. The summed E-state index contributed by atoms with van der Waals surface area (Å²) in [5, 5.41) is 1.03. The SMILES string of the molecule is C=C(C)C(=O)Oc1cc(Cl)c(C(C)(C)c2c(Cl)cc(OC(=O)C(=C)C)cc2Cl)c(Cl)c1. The standard InChI is InChI=1S/C23H20Cl4O4/c1-11(2)21(28)30-13-7-15(24)19(16(25)8-13)23(5,6)20-17(26)9-14(10-18(20)27)31-22(29)12(3)4/h7-10H,1,3H2,2,4-6H3. The third-order valence-corrected chi connectivity index (χ3v) is 5.59. The molecule has 0 spiro atoms. The van der Waals surface area contributed by atoms with Gasteiger partial charge in [0.25, 0.3) is 0 Å². The molecule has 0 N–H and O–H groups in total. The summed E-state index contributed by atoms with van der Waals surface area (Å²) < 4.78 is 10.4. The second kappa shape index (κ2) is 9.66. The second-order valence-electron chi connectivity index (χ2n) is 7.49. The molecule has 0 bridgehead atoms. The van der Waals surface area contributed by atoms with Crippen molar-refractivity contribution in [3.05, 3.63) is 79.8 Å². The molecule has 0 aliphatic heterocycles. The fourth-order valence-corrected chi connectivity index (χ4v) is 4.80. The van der Waals surface area contributed by atoms with Crippen molar-refractivity contribution >= 4 is 58.3 Å². The molecule has 4 nitrogen and oxygen atoms in total. The van der Waals surface area contributed by atoms with Gasteiger partial charge in [-0.25, -0.2) is 9.59 Å². The van der Waals surface area contributed by atoms with E-state index in [4.69, 9.17) is 55.9 Å². The van der Waals surface area contributed by atoms with Gasteiger partial charge in [0.15, 0.2) is 0 Å². The molecule has 0 radical (unpaired) electrons. The first-order valence-electron chi connectivity index (χ1n) is 9.00. The summed E-state index contributed by atoms with van der Waals surface area (Å²) in [6.07, 6.45) is 0. The molecule has 0 amide bonds. The minimum absolute atomic E-state index is 0.182. The number of halogens is 4. The normalized spacial score (nSPS) is 11.1. The molecular weight excluding hydrogens is 482 g/mol. The van der Waals surface area contributed by atoms with Crippen molar-refractivity contribution in [1.29, 1.82) is 0 Å². The molecule has 2 aromatic carbocycles. The Morgan fingerprint density at radius 3 is 1.19 bits per heavy atom. The molecule has 0 unspecified atom stereocenters. The molecule has 8 heteroatoms. The molecule has 2 aromatic rings. The average Bonchev–Trinajstić information content (AvgIpc) is 2.59. The van der Waals surface area contributed by atoms with Crippen LogP contribution in [0.4, 0.5) is 0 Å². The molecule has 2 rings (SSSR count). The van der Waals surface area contributed by atoms with E-state index >= 15 is 0 Å². The van der Waals surface area contributed by atoms with Crippen molar-refractivity contribution in [2.75, 3.05) is 0 Å². The van der Waals surface area contributed by atoms with Crippen molar-refractivity contribution in [3.8, 4) is 11.5 Å². The first-order valence-corrected chi connectivity index (χ1v) is 10.5. The van der Waals surface area contributed by atoms with Gasteiger partial charge in [-0.1, -0.05) is 73.4 Å². The predicted octanol–water partition coefficient (Wildman–Crippen LogP) is 7.59. The van der Waals surface area contributed by atoms with Gasteiger partial charge in [0.05, 0.1) is 0 Å². The lowest BCUT2D eigenvalue weighted by Crippen LogP contribution is -2.22. The quantitative estimate of drug-likeness (QED) is 0.232. The molecule has 0 saturated heterocycles. The van der Waals surface area contributed by atoms with Crippen LogP contribution in [0.3, 0.4) is 0 Å². The zero-order valence-corrected chi connectivity index (χ0v) is 20.4. The van der Waals surface area contributed by atoms with E-state index in [0.29, 0.717) is 11.1 Å². The lowest BCUT2D eigenvalue weighted by atomic mass is 9.77. The Bertz CT molecular complexity index is 971. The Kier molecular flexibility index (Phi) is 7.88. The molecular formula is C23H20Cl4O4. The van der Waals surface area contributed by atoms with Crippen LogP contribution in [0.25, 0.3) is 0 Å². The Morgan fingerprint density at radius 2 is 0.968 bits per heavy atom. The minimum atomic E-state index is -0.851. The van der Waals surface area contributed by atoms with E-state index in [2.05, 4.69) is 13.2 Å². The molecule has 31 heavy (non-hydrogen) atoms. The maximum Gasteiger partial charge on any atom is 0.338 e. The summed E-state index contributed by atoms with van der Waals surface area (Å²) >= 11 is 26.0. The largest absolute Gasteiger partial charge is 0.423 e. The lowest BCUT2D eigenvalue weighted by Gasteiger charge is -2.30. The van der Waals surface area contributed by atoms with Crippen molar-refractivity contribution in [2.45, 2.75) is 33.1 Å². The van der Waals surface area contributed by atoms with Gasteiger partial charge in [-0.05, 0) is 49.2 Å². The Hall–Kier alpha value is -1.98. The van der Waals surface area contributed by atoms with Crippen LogP contribution in [0, 0.1) is 0 Å². The lowest BCUT2D eigenvalue weighted by molar-refractivity contribution is -0.130. The second-order valence-corrected chi connectivity index (χ2v) is 9.12. The fourth-order valence-electron chi connectivity index (χ4n) is 2.93. The van der Waals surface area contributed by atoms with Gasteiger partial charge in [0, 0.05) is 36.7 Å².